The minimum Gasteiger partial charge on any atom is -0.454 e. The van der Waals surface area contributed by atoms with Gasteiger partial charge in [0.25, 0.3) is 11.8 Å². The molecule has 0 spiro atoms. The van der Waals surface area contributed by atoms with Crippen LogP contribution in [-0.2, 0) is 4.79 Å². The fourth-order valence-electron chi connectivity index (χ4n) is 4.55. The molecule has 1 aliphatic heterocycles. The van der Waals surface area contributed by atoms with Crippen LogP contribution in [0.1, 0.15) is 28.9 Å². The number of hydrogen-bond acceptors (Lipinski definition) is 5. The topological polar surface area (TPSA) is 84.4 Å². The fraction of sp³-hybridized carbons (Fsp3) is 0.250. The minimum atomic E-state index is -0.695. The molecule has 3 unspecified atom stereocenters. The van der Waals surface area contributed by atoms with Gasteiger partial charge >= 0.3 is 0 Å². The summed E-state index contributed by atoms with van der Waals surface area (Å²) < 4.78 is 19.4. The van der Waals surface area contributed by atoms with E-state index in [0.717, 1.165) is 5.56 Å². The molecule has 32 heavy (non-hydrogen) atoms. The number of para-hydroxylation sites is 1. The number of fused-ring (bicyclic) bond motifs is 3. The molecule has 2 aromatic heterocycles. The highest BCUT2D eigenvalue weighted by Gasteiger charge is 2.58. The smallest absolute Gasteiger partial charge is 0.270 e. The summed E-state index contributed by atoms with van der Waals surface area (Å²) in [5.74, 6) is 0.112. The number of hydrogen-bond donors (Lipinski definition) is 1. The summed E-state index contributed by atoms with van der Waals surface area (Å²) in [5.41, 5.74) is 1.11. The van der Waals surface area contributed by atoms with E-state index in [2.05, 4.69) is 22.2 Å². The van der Waals surface area contributed by atoms with Gasteiger partial charge in [-0.3, -0.25) is 19.5 Å². The molecule has 2 amide bonds. The average molecular weight is 432 g/mol. The molecular weight excluding hydrogens is 411 g/mol. The van der Waals surface area contributed by atoms with E-state index in [1.54, 1.807) is 25.4 Å². The molecule has 4 atom stereocenters. The van der Waals surface area contributed by atoms with Gasteiger partial charge in [0.1, 0.15) is 23.3 Å². The Morgan fingerprint density at radius 1 is 1.12 bits per heavy atom. The van der Waals surface area contributed by atoms with E-state index < -0.39 is 17.8 Å². The van der Waals surface area contributed by atoms with Crippen molar-refractivity contribution in [2.75, 3.05) is 11.9 Å². The molecule has 1 fully saturated rings. The van der Waals surface area contributed by atoms with Crippen molar-refractivity contribution in [2.24, 2.45) is 11.8 Å². The lowest BCUT2D eigenvalue weighted by atomic mass is 10.1. The number of likely N-dealkylation sites (N-methyl/N-ethyl adjacent to an activating group) is 1. The largest absolute Gasteiger partial charge is 0.454 e. The molecular formula is C24H21FN4O3. The maximum Gasteiger partial charge on any atom is 0.270 e. The van der Waals surface area contributed by atoms with Crippen LogP contribution in [0.2, 0.25) is 0 Å². The van der Waals surface area contributed by atoms with E-state index in [4.69, 9.17) is 4.74 Å². The zero-order valence-electron chi connectivity index (χ0n) is 17.5. The van der Waals surface area contributed by atoms with Crippen LogP contribution < -0.4 is 15.0 Å². The quantitative estimate of drug-likeness (QED) is 0.682. The second-order valence-corrected chi connectivity index (χ2v) is 8.14. The first-order chi connectivity index (χ1) is 15.5. The van der Waals surface area contributed by atoms with Crippen molar-refractivity contribution in [2.45, 2.75) is 18.9 Å². The highest BCUT2D eigenvalue weighted by atomic mass is 19.1. The van der Waals surface area contributed by atoms with Crippen molar-refractivity contribution in [1.29, 1.82) is 0 Å². The SMILES string of the molecule is CC1C2c3cccnc3N(C)C(=O)[C@@H](NC(=O)c3cc(Oc4ccccc4F)ccn3)C12. The van der Waals surface area contributed by atoms with Crippen LogP contribution in [0, 0.1) is 17.7 Å². The number of nitrogens with one attached hydrogen (secondary N) is 1. The van der Waals surface area contributed by atoms with E-state index >= 15 is 0 Å². The van der Waals surface area contributed by atoms with Crippen LogP contribution in [0.5, 0.6) is 11.5 Å². The fourth-order valence-corrected chi connectivity index (χ4v) is 4.55. The number of ether oxygens (including phenoxy) is 1. The molecule has 1 aromatic carbocycles. The average Bonchev–Trinajstić information content (AvgIpc) is 3.49. The van der Waals surface area contributed by atoms with Crippen LogP contribution in [0.3, 0.4) is 0 Å². The third kappa shape index (κ3) is 3.37. The number of carbonyl (C=O) groups excluding carboxylic acids is 2. The second kappa shape index (κ2) is 7.71. The zero-order chi connectivity index (χ0) is 22.4. The van der Waals surface area contributed by atoms with E-state index in [-0.39, 0.29) is 40.9 Å². The van der Waals surface area contributed by atoms with Crippen LogP contribution in [0.15, 0.2) is 60.9 Å². The maximum atomic E-state index is 13.9. The molecule has 0 saturated heterocycles. The zero-order valence-corrected chi connectivity index (χ0v) is 17.5. The number of aromatic nitrogens is 2. The number of benzene rings is 1. The van der Waals surface area contributed by atoms with Crippen molar-refractivity contribution in [3.05, 3.63) is 78.0 Å². The first-order valence-corrected chi connectivity index (χ1v) is 10.4. The van der Waals surface area contributed by atoms with Gasteiger partial charge in [-0.25, -0.2) is 9.37 Å². The van der Waals surface area contributed by atoms with E-state index in [0.29, 0.717) is 5.82 Å². The molecule has 3 aromatic rings. The van der Waals surface area contributed by atoms with Crippen molar-refractivity contribution in [3.63, 3.8) is 0 Å². The lowest BCUT2D eigenvalue weighted by Crippen LogP contribution is -2.49. The van der Waals surface area contributed by atoms with Crippen molar-refractivity contribution in [3.8, 4) is 11.5 Å². The Labute approximate surface area is 184 Å². The normalized spacial score (nSPS) is 23.6. The van der Waals surface area contributed by atoms with E-state index in [1.165, 1.54) is 35.4 Å². The minimum absolute atomic E-state index is 0.0165. The Bertz CT molecular complexity index is 1220. The molecule has 1 aliphatic carbocycles. The van der Waals surface area contributed by atoms with Gasteiger partial charge in [-0.05, 0) is 47.6 Å². The summed E-state index contributed by atoms with van der Waals surface area (Å²) in [6, 6.07) is 12.1. The molecule has 7 nitrogen and oxygen atoms in total. The van der Waals surface area contributed by atoms with Gasteiger partial charge in [0.05, 0.1) is 0 Å². The van der Waals surface area contributed by atoms with Gasteiger partial charge in [-0.15, -0.1) is 0 Å². The van der Waals surface area contributed by atoms with Gasteiger partial charge in [-0.2, -0.15) is 0 Å². The van der Waals surface area contributed by atoms with E-state index in [9.17, 15) is 14.0 Å². The molecule has 1 saturated carbocycles. The molecule has 0 bridgehead atoms. The first-order valence-electron chi connectivity index (χ1n) is 10.4. The third-order valence-corrected chi connectivity index (χ3v) is 6.24. The molecule has 1 N–H and O–H groups in total. The predicted molar refractivity (Wildman–Crippen MR) is 115 cm³/mol. The lowest BCUT2D eigenvalue weighted by Gasteiger charge is -2.23. The molecule has 0 radical (unpaired) electrons. The number of nitrogens with zero attached hydrogens (tertiary/aromatic N) is 3. The van der Waals surface area contributed by atoms with Crippen LogP contribution in [-0.4, -0.2) is 34.9 Å². The standard InChI is InChI=1S/C24H21FN4O3/c1-13-19-15-6-5-10-27-22(15)29(2)24(31)21(20(13)19)28-23(30)17-12-14(9-11-26-17)32-18-8-4-3-7-16(18)25/h3-13,19-21H,1-2H3,(H,28,30)/t13?,19?,20?,21-/m0/s1. The van der Waals surface area contributed by atoms with Crippen molar-refractivity contribution >= 4 is 17.6 Å². The highest BCUT2D eigenvalue weighted by molar-refractivity contribution is 6.03. The van der Waals surface area contributed by atoms with Crippen molar-refractivity contribution in [1.82, 2.24) is 15.3 Å². The Kier molecular flexibility index (Phi) is 4.84. The van der Waals surface area contributed by atoms with E-state index in [1.807, 2.05) is 12.1 Å². The third-order valence-electron chi connectivity index (χ3n) is 6.24. The first kappa shape index (κ1) is 20.1. The summed E-state index contributed by atoms with van der Waals surface area (Å²) in [6.45, 7) is 2.07. The van der Waals surface area contributed by atoms with Gasteiger partial charge in [0, 0.05) is 25.5 Å². The van der Waals surface area contributed by atoms with Gasteiger partial charge in [-0.1, -0.05) is 25.1 Å². The summed E-state index contributed by atoms with van der Waals surface area (Å²) in [4.78, 5) is 36.2. The maximum absolute atomic E-state index is 13.9. The monoisotopic (exact) mass is 432 g/mol. The number of anilines is 1. The number of halogens is 1. The summed E-state index contributed by atoms with van der Waals surface area (Å²) in [6.07, 6.45) is 3.07. The van der Waals surface area contributed by atoms with Gasteiger partial charge in [0.15, 0.2) is 11.6 Å². The number of pyridine rings is 2. The van der Waals surface area contributed by atoms with Crippen LogP contribution in [0.25, 0.3) is 0 Å². The Morgan fingerprint density at radius 3 is 2.75 bits per heavy atom. The molecule has 3 heterocycles. The summed E-state index contributed by atoms with van der Waals surface area (Å²) in [5, 5.41) is 2.86. The van der Waals surface area contributed by atoms with Crippen molar-refractivity contribution < 1.29 is 18.7 Å². The second-order valence-electron chi connectivity index (χ2n) is 8.14. The van der Waals surface area contributed by atoms with Crippen LogP contribution >= 0.6 is 0 Å². The molecule has 8 heteroatoms. The Morgan fingerprint density at radius 2 is 1.94 bits per heavy atom. The summed E-state index contributed by atoms with van der Waals surface area (Å²) in [7, 11) is 1.67. The lowest BCUT2D eigenvalue weighted by molar-refractivity contribution is -0.120. The number of carbonyl (C=O) groups is 2. The number of rotatable bonds is 4. The predicted octanol–water partition coefficient (Wildman–Crippen LogP) is 3.53. The Balaban J connectivity index is 1.38. The summed E-state index contributed by atoms with van der Waals surface area (Å²) >= 11 is 0. The van der Waals surface area contributed by atoms with Gasteiger partial charge < -0.3 is 10.1 Å². The molecule has 2 aliphatic rings. The number of amides is 2. The van der Waals surface area contributed by atoms with Gasteiger partial charge in [0.2, 0.25) is 0 Å². The highest BCUT2D eigenvalue weighted by Crippen LogP contribution is 2.58. The molecule has 162 valence electrons. The Hall–Kier alpha value is -3.81. The van der Waals surface area contributed by atoms with Crippen LogP contribution in [0.4, 0.5) is 10.2 Å². The molecule has 5 rings (SSSR count).